The third-order valence-corrected chi connectivity index (χ3v) is 3.14. The molecule has 1 aromatic heterocycles. The molecule has 0 spiro atoms. The van der Waals surface area contributed by atoms with Gasteiger partial charge in [0.25, 0.3) is 0 Å². The maximum atomic E-state index is 11.7. The summed E-state index contributed by atoms with van der Waals surface area (Å²) in [6.45, 7) is 0.507. The normalized spacial score (nSPS) is 10.3. The fourth-order valence-electron chi connectivity index (χ4n) is 2.06. The number of benzene rings is 1. The Morgan fingerprint density at radius 3 is 2.62 bits per heavy atom. The Morgan fingerprint density at radius 1 is 1.10 bits per heavy atom. The van der Waals surface area contributed by atoms with Gasteiger partial charge in [-0.15, -0.1) is 0 Å². The van der Waals surface area contributed by atoms with E-state index in [0.29, 0.717) is 24.9 Å². The van der Waals surface area contributed by atoms with Gasteiger partial charge in [0.1, 0.15) is 5.76 Å². The minimum atomic E-state index is -0.969. The van der Waals surface area contributed by atoms with Crippen LogP contribution in [0.2, 0.25) is 0 Å². The van der Waals surface area contributed by atoms with E-state index >= 15 is 0 Å². The summed E-state index contributed by atoms with van der Waals surface area (Å²) in [5.74, 6) is -0.239. The van der Waals surface area contributed by atoms with Crippen LogP contribution in [0.3, 0.4) is 0 Å². The standard InChI is InChI=1S/C16H17NO4/c18-15(17-10-9-13-5-3-11-21-13)8-7-12-4-1-2-6-14(12)16(19)20/h1-6,11H,7-10H2,(H,17,18)(H,19,20). The van der Waals surface area contributed by atoms with Crippen molar-refractivity contribution in [1.82, 2.24) is 5.32 Å². The molecule has 21 heavy (non-hydrogen) atoms. The van der Waals surface area contributed by atoms with Crippen LogP contribution in [0.25, 0.3) is 0 Å². The van der Waals surface area contributed by atoms with E-state index in [-0.39, 0.29) is 17.9 Å². The number of hydrogen-bond donors (Lipinski definition) is 2. The average Bonchev–Trinajstić information content (AvgIpc) is 2.98. The van der Waals surface area contributed by atoms with Gasteiger partial charge in [-0.3, -0.25) is 4.79 Å². The maximum Gasteiger partial charge on any atom is 0.335 e. The van der Waals surface area contributed by atoms with Crippen molar-refractivity contribution in [3.63, 3.8) is 0 Å². The van der Waals surface area contributed by atoms with Crippen LogP contribution in [0, 0.1) is 0 Å². The van der Waals surface area contributed by atoms with E-state index in [1.54, 1.807) is 36.6 Å². The number of amides is 1. The largest absolute Gasteiger partial charge is 0.478 e. The van der Waals surface area contributed by atoms with E-state index in [1.807, 2.05) is 6.07 Å². The first-order chi connectivity index (χ1) is 10.2. The monoisotopic (exact) mass is 287 g/mol. The van der Waals surface area contributed by atoms with E-state index in [1.165, 1.54) is 0 Å². The van der Waals surface area contributed by atoms with E-state index in [2.05, 4.69) is 5.32 Å². The zero-order chi connectivity index (χ0) is 15.1. The van der Waals surface area contributed by atoms with E-state index in [4.69, 9.17) is 9.52 Å². The van der Waals surface area contributed by atoms with Gasteiger partial charge in [0.15, 0.2) is 0 Å². The van der Waals surface area contributed by atoms with Crippen LogP contribution in [0.5, 0.6) is 0 Å². The van der Waals surface area contributed by atoms with Crippen LogP contribution >= 0.6 is 0 Å². The SMILES string of the molecule is O=C(CCc1ccccc1C(=O)O)NCCc1ccco1. The zero-order valence-corrected chi connectivity index (χ0v) is 11.5. The van der Waals surface area contributed by atoms with Gasteiger partial charge < -0.3 is 14.8 Å². The highest BCUT2D eigenvalue weighted by Gasteiger charge is 2.10. The molecule has 110 valence electrons. The third kappa shape index (κ3) is 4.49. The van der Waals surface area contributed by atoms with Crippen LogP contribution in [0.15, 0.2) is 47.1 Å². The number of nitrogens with one attached hydrogen (secondary N) is 1. The lowest BCUT2D eigenvalue weighted by atomic mass is 10.0. The molecule has 0 radical (unpaired) electrons. The number of carbonyl (C=O) groups is 2. The summed E-state index contributed by atoms with van der Waals surface area (Å²) in [6, 6.07) is 10.4. The van der Waals surface area contributed by atoms with E-state index in [0.717, 1.165) is 5.76 Å². The molecule has 0 saturated heterocycles. The number of carboxylic acids is 1. The first-order valence-electron chi connectivity index (χ1n) is 6.77. The Balaban J connectivity index is 1.77. The average molecular weight is 287 g/mol. The Morgan fingerprint density at radius 2 is 1.90 bits per heavy atom. The minimum absolute atomic E-state index is 0.0956. The van der Waals surface area contributed by atoms with Crippen LogP contribution in [0.1, 0.15) is 28.1 Å². The number of aromatic carboxylic acids is 1. The number of carbonyl (C=O) groups excluding carboxylic acids is 1. The molecular weight excluding hydrogens is 270 g/mol. The Labute approximate surface area is 122 Å². The molecule has 2 N–H and O–H groups in total. The first kappa shape index (κ1) is 14.8. The van der Waals surface area contributed by atoms with Crippen molar-refractivity contribution in [3.05, 3.63) is 59.5 Å². The van der Waals surface area contributed by atoms with Gasteiger partial charge in [0, 0.05) is 19.4 Å². The van der Waals surface area contributed by atoms with Crippen LogP contribution in [-0.2, 0) is 17.6 Å². The Bertz CT molecular complexity index is 604. The predicted octanol–water partition coefficient (Wildman–Crippen LogP) is 2.27. The van der Waals surface area contributed by atoms with Gasteiger partial charge in [-0.05, 0) is 30.2 Å². The lowest BCUT2D eigenvalue weighted by Gasteiger charge is -2.06. The molecule has 1 aromatic carbocycles. The molecule has 0 atom stereocenters. The van der Waals surface area contributed by atoms with E-state index in [9.17, 15) is 9.59 Å². The third-order valence-electron chi connectivity index (χ3n) is 3.14. The molecule has 1 heterocycles. The molecule has 5 nitrogen and oxygen atoms in total. The Hall–Kier alpha value is -2.56. The van der Waals surface area contributed by atoms with Crippen molar-refractivity contribution in [2.45, 2.75) is 19.3 Å². The highest BCUT2D eigenvalue weighted by Crippen LogP contribution is 2.11. The van der Waals surface area contributed by atoms with Crippen molar-refractivity contribution in [3.8, 4) is 0 Å². The molecule has 0 aliphatic carbocycles. The first-order valence-corrected chi connectivity index (χ1v) is 6.77. The predicted molar refractivity (Wildman–Crippen MR) is 77.1 cm³/mol. The number of rotatable bonds is 7. The molecule has 0 bridgehead atoms. The van der Waals surface area contributed by atoms with Gasteiger partial charge in [-0.2, -0.15) is 0 Å². The molecule has 0 aliphatic rings. The summed E-state index contributed by atoms with van der Waals surface area (Å²) < 4.78 is 5.17. The van der Waals surface area contributed by atoms with Gasteiger partial charge in [0.2, 0.25) is 5.91 Å². The summed E-state index contributed by atoms with van der Waals surface area (Å²) in [5, 5.41) is 11.9. The second kappa shape index (κ2) is 7.28. The van der Waals surface area contributed by atoms with Crippen molar-refractivity contribution in [2.24, 2.45) is 0 Å². The smallest absolute Gasteiger partial charge is 0.335 e. The highest BCUT2D eigenvalue weighted by atomic mass is 16.4. The maximum absolute atomic E-state index is 11.7. The zero-order valence-electron chi connectivity index (χ0n) is 11.5. The molecule has 1 amide bonds. The van der Waals surface area contributed by atoms with Crippen LogP contribution in [-0.4, -0.2) is 23.5 Å². The van der Waals surface area contributed by atoms with E-state index < -0.39 is 5.97 Å². The number of furan rings is 1. The fourth-order valence-corrected chi connectivity index (χ4v) is 2.06. The molecule has 2 aromatic rings. The molecule has 0 aliphatic heterocycles. The van der Waals surface area contributed by atoms with Crippen LogP contribution in [0.4, 0.5) is 0 Å². The van der Waals surface area contributed by atoms with Gasteiger partial charge in [-0.25, -0.2) is 4.79 Å². The summed E-state index contributed by atoms with van der Waals surface area (Å²) in [6.07, 6.45) is 2.92. The van der Waals surface area contributed by atoms with Gasteiger partial charge in [-0.1, -0.05) is 18.2 Å². The van der Waals surface area contributed by atoms with Crippen LogP contribution < -0.4 is 5.32 Å². The molecule has 5 heteroatoms. The molecular formula is C16H17NO4. The second-order valence-corrected chi connectivity index (χ2v) is 4.64. The Kier molecular flexibility index (Phi) is 5.15. The number of hydrogen-bond acceptors (Lipinski definition) is 3. The summed E-state index contributed by atoms with van der Waals surface area (Å²) in [5.41, 5.74) is 0.923. The lowest BCUT2D eigenvalue weighted by Crippen LogP contribution is -2.26. The molecule has 2 rings (SSSR count). The van der Waals surface area contributed by atoms with Crippen molar-refractivity contribution >= 4 is 11.9 Å². The lowest BCUT2D eigenvalue weighted by molar-refractivity contribution is -0.121. The van der Waals surface area contributed by atoms with Gasteiger partial charge in [0.05, 0.1) is 11.8 Å². The topological polar surface area (TPSA) is 79.5 Å². The number of aryl methyl sites for hydroxylation is 1. The van der Waals surface area contributed by atoms with Crippen molar-refractivity contribution in [1.29, 1.82) is 0 Å². The minimum Gasteiger partial charge on any atom is -0.478 e. The second-order valence-electron chi connectivity index (χ2n) is 4.64. The number of carboxylic acid groups (broad SMARTS) is 1. The molecule has 0 fully saturated rings. The fraction of sp³-hybridized carbons (Fsp3) is 0.250. The van der Waals surface area contributed by atoms with Crippen molar-refractivity contribution < 1.29 is 19.1 Å². The summed E-state index contributed by atoms with van der Waals surface area (Å²) in [4.78, 5) is 22.8. The highest BCUT2D eigenvalue weighted by molar-refractivity contribution is 5.89. The quantitative estimate of drug-likeness (QED) is 0.818. The van der Waals surface area contributed by atoms with Gasteiger partial charge >= 0.3 is 5.97 Å². The summed E-state index contributed by atoms with van der Waals surface area (Å²) in [7, 11) is 0. The molecule has 0 unspecified atom stereocenters. The van der Waals surface area contributed by atoms with Crippen molar-refractivity contribution in [2.75, 3.05) is 6.54 Å². The summed E-state index contributed by atoms with van der Waals surface area (Å²) >= 11 is 0. The molecule has 0 saturated carbocycles.